The van der Waals surface area contributed by atoms with Crippen LogP contribution in [0.15, 0.2) is 0 Å². The number of halogens is 1. The Kier molecular flexibility index (Phi) is 4.71. The van der Waals surface area contributed by atoms with E-state index in [1.54, 1.807) is 4.90 Å². The van der Waals surface area contributed by atoms with Crippen LogP contribution in [0.4, 0.5) is 16.4 Å². The highest BCUT2D eigenvalue weighted by molar-refractivity contribution is 6.28. The van der Waals surface area contributed by atoms with Crippen molar-refractivity contribution in [2.24, 2.45) is 0 Å². The Morgan fingerprint density at radius 3 is 2.58 bits per heavy atom. The predicted octanol–water partition coefficient (Wildman–Crippen LogP) is 2.55. The van der Waals surface area contributed by atoms with Gasteiger partial charge in [-0.1, -0.05) is 0 Å². The van der Waals surface area contributed by atoms with Crippen LogP contribution in [0.2, 0.25) is 5.28 Å². The molecule has 0 spiro atoms. The van der Waals surface area contributed by atoms with E-state index in [2.05, 4.69) is 20.2 Å². The molecule has 2 aliphatic rings. The largest absolute Gasteiger partial charge is 0.444 e. The van der Waals surface area contributed by atoms with Crippen LogP contribution in [0.5, 0.6) is 0 Å². The Bertz CT molecular complexity index is 624. The number of nitrogens with one attached hydrogen (secondary N) is 1. The summed E-state index contributed by atoms with van der Waals surface area (Å²) in [5, 5.41) is 3.55. The lowest BCUT2D eigenvalue weighted by molar-refractivity contribution is 0.0240. The number of carbonyl (C=O) groups excluding carboxylic acids is 1. The van der Waals surface area contributed by atoms with Crippen molar-refractivity contribution in [2.45, 2.75) is 39.2 Å². The molecule has 7 nitrogen and oxygen atoms in total. The number of piperazine rings is 1. The van der Waals surface area contributed by atoms with Crippen molar-refractivity contribution in [3.05, 3.63) is 10.8 Å². The van der Waals surface area contributed by atoms with E-state index in [1.807, 2.05) is 20.8 Å². The van der Waals surface area contributed by atoms with E-state index in [-0.39, 0.29) is 11.4 Å². The molecule has 3 heterocycles. The SMILES string of the molecule is CC(C)(C)OC(=O)N1CCN(c2nc(Cl)nc3c2CCCN3)CC1. The number of hydrogen-bond acceptors (Lipinski definition) is 6. The van der Waals surface area contributed by atoms with Gasteiger partial charge in [-0.3, -0.25) is 0 Å². The first-order chi connectivity index (χ1) is 11.3. The molecule has 1 fully saturated rings. The topological polar surface area (TPSA) is 70.6 Å². The van der Waals surface area contributed by atoms with Gasteiger partial charge < -0.3 is 19.9 Å². The van der Waals surface area contributed by atoms with Crippen LogP contribution in [0, 0.1) is 0 Å². The summed E-state index contributed by atoms with van der Waals surface area (Å²) >= 11 is 6.08. The highest BCUT2D eigenvalue weighted by Crippen LogP contribution is 2.30. The van der Waals surface area contributed by atoms with Crippen LogP contribution in [-0.4, -0.2) is 59.3 Å². The van der Waals surface area contributed by atoms with E-state index < -0.39 is 5.60 Å². The number of aromatic nitrogens is 2. The lowest BCUT2D eigenvalue weighted by atomic mass is 10.1. The Hall–Kier alpha value is -1.76. The van der Waals surface area contributed by atoms with Gasteiger partial charge in [0.25, 0.3) is 0 Å². The van der Waals surface area contributed by atoms with E-state index >= 15 is 0 Å². The van der Waals surface area contributed by atoms with Crippen molar-refractivity contribution in [2.75, 3.05) is 42.9 Å². The number of anilines is 2. The first kappa shape index (κ1) is 17.1. The first-order valence-corrected chi connectivity index (χ1v) is 8.74. The lowest BCUT2D eigenvalue weighted by Crippen LogP contribution is -2.50. The van der Waals surface area contributed by atoms with Crippen LogP contribution in [0.1, 0.15) is 32.8 Å². The fourth-order valence-electron chi connectivity index (χ4n) is 2.98. The summed E-state index contributed by atoms with van der Waals surface area (Å²) < 4.78 is 5.44. The molecule has 132 valence electrons. The van der Waals surface area contributed by atoms with Crippen LogP contribution in [-0.2, 0) is 11.2 Å². The molecule has 0 saturated carbocycles. The fourth-order valence-corrected chi connectivity index (χ4v) is 3.15. The molecule has 2 aliphatic heterocycles. The molecule has 0 aliphatic carbocycles. The minimum Gasteiger partial charge on any atom is -0.444 e. The lowest BCUT2D eigenvalue weighted by Gasteiger charge is -2.37. The average molecular weight is 354 g/mol. The van der Waals surface area contributed by atoms with Crippen LogP contribution in [0.25, 0.3) is 0 Å². The van der Waals surface area contributed by atoms with Crippen LogP contribution >= 0.6 is 11.6 Å². The zero-order chi connectivity index (χ0) is 17.3. The highest BCUT2D eigenvalue weighted by Gasteiger charge is 2.28. The normalized spacial score (nSPS) is 18.0. The van der Waals surface area contributed by atoms with Crippen molar-refractivity contribution in [3.63, 3.8) is 0 Å². The van der Waals surface area contributed by atoms with Gasteiger partial charge in [0, 0.05) is 38.3 Å². The van der Waals surface area contributed by atoms with Crippen molar-refractivity contribution >= 4 is 29.3 Å². The van der Waals surface area contributed by atoms with Gasteiger partial charge in [0.15, 0.2) is 0 Å². The van der Waals surface area contributed by atoms with Gasteiger partial charge in [0.05, 0.1) is 0 Å². The Balaban J connectivity index is 1.69. The maximum Gasteiger partial charge on any atom is 0.410 e. The maximum absolute atomic E-state index is 12.2. The third-order valence-corrected chi connectivity index (χ3v) is 4.25. The van der Waals surface area contributed by atoms with Gasteiger partial charge in [-0.05, 0) is 45.2 Å². The Morgan fingerprint density at radius 1 is 1.21 bits per heavy atom. The Labute approximate surface area is 147 Å². The highest BCUT2D eigenvalue weighted by atomic mass is 35.5. The van der Waals surface area contributed by atoms with Gasteiger partial charge in [-0.25, -0.2) is 14.8 Å². The summed E-state index contributed by atoms with van der Waals surface area (Å²) in [6.07, 6.45) is 1.75. The van der Waals surface area contributed by atoms with E-state index in [0.717, 1.165) is 36.6 Å². The number of hydrogen-bond donors (Lipinski definition) is 1. The minimum absolute atomic E-state index is 0.257. The summed E-state index contributed by atoms with van der Waals surface area (Å²) in [5.74, 6) is 1.73. The monoisotopic (exact) mass is 353 g/mol. The molecule has 1 saturated heterocycles. The second-order valence-corrected chi connectivity index (χ2v) is 7.47. The molecule has 3 rings (SSSR count). The first-order valence-electron chi connectivity index (χ1n) is 8.37. The summed E-state index contributed by atoms with van der Waals surface area (Å²) in [5.41, 5.74) is 0.649. The van der Waals surface area contributed by atoms with Gasteiger partial charge in [-0.15, -0.1) is 0 Å². The third kappa shape index (κ3) is 3.83. The van der Waals surface area contributed by atoms with Crippen molar-refractivity contribution in [3.8, 4) is 0 Å². The van der Waals surface area contributed by atoms with Crippen LogP contribution < -0.4 is 10.2 Å². The van der Waals surface area contributed by atoms with Gasteiger partial charge in [-0.2, -0.15) is 0 Å². The predicted molar refractivity (Wildman–Crippen MR) is 93.9 cm³/mol. The van der Waals surface area contributed by atoms with Crippen LogP contribution in [0.3, 0.4) is 0 Å². The van der Waals surface area contributed by atoms with E-state index in [0.29, 0.717) is 26.2 Å². The molecule has 0 atom stereocenters. The van der Waals surface area contributed by atoms with E-state index in [4.69, 9.17) is 16.3 Å². The zero-order valence-electron chi connectivity index (χ0n) is 14.4. The molecule has 1 amide bonds. The molecule has 1 aromatic heterocycles. The zero-order valence-corrected chi connectivity index (χ0v) is 15.2. The average Bonchev–Trinajstić information content (AvgIpc) is 2.52. The molecular formula is C16H24ClN5O2. The molecule has 0 unspecified atom stereocenters. The van der Waals surface area contributed by atoms with Crippen molar-refractivity contribution < 1.29 is 9.53 Å². The molecule has 0 radical (unpaired) electrons. The molecule has 1 N–H and O–H groups in total. The summed E-state index contributed by atoms with van der Waals surface area (Å²) in [6.45, 7) is 9.18. The smallest absolute Gasteiger partial charge is 0.410 e. The summed E-state index contributed by atoms with van der Waals surface area (Å²) in [7, 11) is 0. The second kappa shape index (κ2) is 6.63. The van der Waals surface area contributed by atoms with Gasteiger partial charge >= 0.3 is 6.09 Å². The number of ether oxygens (including phenoxy) is 1. The molecular weight excluding hydrogens is 330 g/mol. The number of nitrogens with zero attached hydrogens (tertiary/aromatic N) is 4. The number of rotatable bonds is 1. The standard InChI is InChI=1S/C16H24ClN5O2/c1-16(2,3)24-15(23)22-9-7-21(8-10-22)13-11-5-4-6-18-12(11)19-14(17)20-13/h4-10H2,1-3H3,(H,18,19,20). The number of amides is 1. The van der Waals surface area contributed by atoms with Gasteiger partial charge in [0.1, 0.15) is 17.2 Å². The number of carbonyl (C=O) groups is 1. The Morgan fingerprint density at radius 2 is 1.92 bits per heavy atom. The third-order valence-electron chi connectivity index (χ3n) is 4.08. The second-order valence-electron chi connectivity index (χ2n) is 7.13. The number of fused-ring (bicyclic) bond motifs is 1. The fraction of sp³-hybridized carbons (Fsp3) is 0.688. The van der Waals surface area contributed by atoms with Crippen molar-refractivity contribution in [1.82, 2.24) is 14.9 Å². The molecule has 8 heteroatoms. The van der Waals surface area contributed by atoms with E-state index in [9.17, 15) is 4.79 Å². The molecule has 0 aromatic carbocycles. The summed E-state index contributed by atoms with van der Waals surface area (Å²) in [6, 6.07) is 0. The molecule has 24 heavy (non-hydrogen) atoms. The maximum atomic E-state index is 12.2. The van der Waals surface area contributed by atoms with Crippen molar-refractivity contribution in [1.29, 1.82) is 0 Å². The molecule has 0 bridgehead atoms. The van der Waals surface area contributed by atoms with E-state index in [1.165, 1.54) is 0 Å². The summed E-state index contributed by atoms with van der Waals surface area (Å²) in [4.78, 5) is 24.8. The molecule has 1 aromatic rings. The minimum atomic E-state index is -0.473. The van der Waals surface area contributed by atoms with Gasteiger partial charge in [0.2, 0.25) is 5.28 Å². The quantitative estimate of drug-likeness (QED) is 0.782.